The van der Waals surface area contributed by atoms with Gasteiger partial charge in [0.25, 0.3) is 0 Å². The van der Waals surface area contributed by atoms with Crippen LogP contribution in [0.3, 0.4) is 0 Å². The van der Waals surface area contributed by atoms with Gasteiger partial charge in [0.15, 0.2) is 0 Å². The largest absolute Gasteiger partial charge is 0.481 e. The van der Waals surface area contributed by atoms with Gasteiger partial charge in [0.2, 0.25) is 11.8 Å². The molecule has 1 aromatic heterocycles. The number of benzene rings is 1. The summed E-state index contributed by atoms with van der Waals surface area (Å²) >= 11 is 0. The van der Waals surface area contributed by atoms with Crippen molar-refractivity contribution in [3.05, 3.63) is 54.0 Å². The highest BCUT2D eigenvalue weighted by molar-refractivity contribution is 5.92. The van der Waals surface area contributed by atoms with Crippen molar-refractivity contribution in [1.29, 1.82) is 0 Å². The molecule has 0 aliphatic carbocycles. The van der Waals surface area contributed by atoms with E-state index in [1.165, 1.54) is 25.4 Å². The standard InChI is InChI=1S/C14H13FN2O2/c1-19-14-7-6-12(9-16-14)17-13(18)8-10-2-4-11(15)5-3-10/h2-7,9H,8H2,1H3,(H,17,18). The molecular weight excluding hydrogens is 247 g/mol. The van der Waals surface area contributed by atoms with Gasteiger partial charge in [-0.3, -0.25) is 4.79 Å². The molecule has 0 saturated heterocycles. The van der Waals surface area contributed by atoms with E-state index in [1.807, 2.05) is 0 Å². The molecule has 5 heteroatoms. The first-order valence-electron chi connectivity index (χ1n) is 5.72. The first kappa shape index (κ1) is 13.0. The van der Waals surface area contributed by atoms with E-state index in [9.17, 15) is 9.18 Å². The Kier molecular flexibility index (Phi) is 4.07. The summed E-state index contributed by atoms with van der Waals surface area (Å²) in [5, 5.41) is 2.71. The van der Waals surface area contributed by atoms with Crippen LogP contribution < -0.4 is 10.1 Å². The summed E-state index contributed by atoms with van der Waals surface area (Å²) in [5.74, 6) is -0.0152. The third kappa shape index (κ3) is 3.77. The minimum Gasteiger partial charge on any atom is -0.481 e. The number of aromatic nitrogens is 1. The van der Waals surface area contributed by atoms with Gasteiger partial charge in [-0.2, -0.15) is 0 Å². The van der Waals surface area contributed by atoms with Crippen molar-refractivity contribution in [3.63, 3.8) is 0 Å². The molecule has 98 valence electrons. The fourth-order valence-corrected chi connectivity index (χ4v) is 1.57. The van der Waals surface area contributed by atoms with Crippen LogP contribution in [0.4, 0.5) is 10.1 Å². The first-order valence-corrected chi connectivity index (χ1v) is 5.72. The van der Waals surface area contributed by atoms with Crippen molar-refractivity contribution < 1.29 is 13.9 Å². The maximum atomic E-state index is 12.7. The average molecular weight is 260 g/mol. The number of rotatable bonds is 4. The summed E-state index contributed by atoms with van der Waals surface area (Å²) < 4.78 is 17.6. The number of carbonyl (C=O) groups is 1. The van der Waals surface area contributed by atoms with E-state index in [0.29, 0.717) is 11.6 Å². The number of amides is 1. The number of anilines is 1. The Hall–Kier alpha value is -2.43. The first-order chi connectivity index (χ1) is 9.17. The van der Waals surface area contributed by atoms with Crippen LogP contribution in [0, 0.1) is 5.82 Å². The van der Waals surface area contributed by atoms with E-state index in [1.54, 1.807) is 24.3 Å². The van der Waals surface area contributed by atoms with Gasteiger partial charge < -0.3 is 10.1 Å². The lowest BCUT2D eigenvalue weighted by molar-refractivity contribution is -0.115. The Morgan fingerprint density at radius 3 is 2.58 bits per heavy atom. The number of carbonyl (C=O) groups excluding carboxylic acids is 1. The molecule has 1 aromatic carbocycles. The number of nitrogens with zero attached hydrogens (tertiary/aromatic N) is 1. The topological polar surface area (TPSA) is 51.2 Å². The second-order valence-corrected chi connectivity index (χ2v) is 3.94. The van der Waals surface area contributed by atoms with Gasteiger partial charge >= 0.3 is 0 Å². The average Bonchev–Trinajstić information content (AvgIpc) is 2.42. The minimum atomic E-state index is -0.316. The van der Waals surface area contributed by atoms with Crippen LogP contribution >= 0.6 is 0 Å². The van der Waals surface area contributed by atoms with E-state index in [0.717, 1.165) is 5.56 Å². The van der Waals surface area contributed by atoms with E-state index in [2.05, 4.69) is 10.3 Å². The molecular formula is C14H13FN2O2. The number of hydrogen-bond acceptors (Lipinski definition) is 3. The van der Waals surface area contributed by atoms with Gasteiger partial charge in [-0.15, -0.1) is 0 Å². The molecule has 2 rings (SSSR count). The van der Waals surface area contributed by atoms with Crippen molar-refractivity contribution in [2.75, 3.05) is 12.4 Å². The number of halogens is 1. The SMILES string of the molecule is COc1ccc(NC(=O)Cc2ccc(F)cc2)cn1. The van der Waals surface area contributed by atoms with Gasteiger partial charge in [-0.25, -0.2) is 9.37 Å². The smallest absolute Gasteiger partial charge is 0.228 e. The lowest BCUT2D eigenvalue weighted by atomic mass is 10.1. The molecule has 1 N–H and O–H groups in total. The van der Waals surface area contributed by atoms with Crippen LogP contribution in [0.1, 0.15) is 5.56 Å². The van der Waals surface area contributed by atoms with E-state index in [-0.39, 0.29) is 18.1 Å². The van der Waals surface area contributed by atoms with Crippen molar-refractivity contribution >= 4 is 11.6 Å². The summed E-state index contributed by atoms with van der Waals surface area (Å²) in [4.78, 5) is 15.7. The second kappa shape index (κ2) is 5.95. The number of hydrogen-bond donors (Lipinski definition) is 1. The molecule has 0 aliphatic rings. The van der Waals surface area contributed by atoms with Crippen LogP contribution in [0.25, 0.3) is 0 Å². The van der Waals surface area contributed by atoms with Gasteiger partial charge in [0.05, 0.1) is 25.4 Å². The van der Waals surface area contributed by atoms with Crippen LogP contribution in [0.15, 0.2) is 42.6 Å². The zero-order valence-electron chi connectivity index (χ0n) is 10.4. The Morgan fingerprint density at radius 2 is 2.00 bits per heavy atom. The Morgan fingerprint density at radius 1 is 1.26 bits per heavy atom. The highest BCUT2D eigenvalue weighted by Crippen LogP contribution is 2.11. The Bertz CT molecular complexity index is 553. The van der Waals surface area contributed by atoms with Crippen LogP contribution in [-0.2, 0) is 11.2 Å². The molecule has 0 fully saturated rings. The Labute approximate surface area is 110 Å². The second-order valence-electron chi connectivity index (χ2n) is 3.94. The monoisotopic (exact) mass is 260 g/mol. The number of nitrogens with one attached hydrogen (secondary N) is 1. The summed E-state index contributed by atoms with van der Waals surface area (Å²) in [6, 6.07) is 9.19. The predicted octanol–water partition coefficient (Wildman–Crippen LogP) is 2.41. The fourth-order valence-electron chi connectivity index (χ4n) is 1.57. The summed E-state index contributed by atoms with van der Waals surface area (Å²) in [6.45, 7) is 0. The molecule has 0 spiro atoms. The number of pyridine rings is 1. The van der Waals surface area contributed by atoms with E-state index >= 15 is 0 Å². The van der Waals surface area contributed by atoms with Crippen molar-refractivity contribution in [3.8, 4) is 5.88 Å². The molecule has 19 heavy (non-hydrogen) atoms. The van der Waals surface area contributed by atoms with Gasteiger partial charge in [0.1, 0.15) is 5.82 Å². The van der Waals surface area contributed by atoms with Crippen molar-refractivity contribution in [2.45, 2.75) is 6.42 Å². The van der Waals surface area contributed by atoms with Crippen LogP contribution in [-0.4, -0.2) is 18.0 Å². The maximum absolute atomic E-state index is 12.7. The highest BCUT2D eigenvalue weighted by atomic mass is 19.1. The quantitative estimate of drug-likeness (QED) is 0.918. The maximum Gasteiger partial charge on any atom is 0.228 e. The Balaban J connectivity index is 1.95. The lowest BCUT2D eigenvalue weighted by Gasteiger charge is -2.05. The summed E-state index contributed by atoms with van der Waals surface area (Å²) in [6.07, 6.45) is 1.70. The van der Waals surface area contributed by atoms with Crippen LogP contribution in [0.2, 0.25) is 0 Å². The lowest BCUT2D eigenvalue weighted by Crippen LogP contribution is -2.14. The molecule has 2 aromatic rings. The molecule has 1 amide bonds. The zero-order chi connectivity index (χ0) is 13.7. The third-order valence-electron chi connectivity index (χ3n) is 2.51. The predicted molar refractivity (Wildman–Crippen MR) is 69.5 cm³/mol. The van der Waals surface area contributed by atoms with Crippen molar-refractivity contribution in [2.24, 2.45) is 0 Å². The molecule has 0 saturated carbocycles. The molecule has 1 heterocycles. The molecule has 0 unspecified atom stereocenters. The van der Waals surface area contributed by atoms with Gasteiger partial charge in [-0.05, 0) is 23.8 Å². The molecule has 0 radical (unpaired) electrons. The third-order valence-corrected chi connectivity index (χ3v) is 2.51. The molecule has 0 bridgehead atoms. The number of ether oxygens (including phenoxy) is 1. The highest BCUT2D eigenvalue weighted by Gasteiger charge is 2.05. The molecule has 0 aliphatic heterocycles. The van der Waals surface area contributed by atoms with Crippen molar-refractivity contribution in [1.82, 2.24) is 4.98 Å². The fraction of sp³-hybridized carbons (Fsp3) is 0.143. The minimum absolute atomic E-state index is 0.182. The summed E-state index contributed by atoms with van der Waals surface area (Å²) in [7, 11) is 1.52. The van der Waals surface area contributed by atoms with E-state index < -0.39 is 0 Å². The molecule has 4 nitrogen and oxygen atoms in total. The van der Waals surface area contributed by atoms with Crippen LogP contribution in [0.5, 0.6) is 5.88 Å². The normalized spacial score (nSPS) is 10.0. The zero-order valence-corrected chi connectivity index (χ0v) is 10.4. The van der Waals surface area contributed by atoms with Gasteiger partial charge in [0, 0.05) is 6.07 Å². The molecule has 0 atom stereocenters. The van der Waals surface area contributed by atoms with E-state index in [4.69, 9.17) is 4.74 Å². The summed E-state index contributed by atoms with van der Waals surface area (Å²) in [5.41, 5.74) is 1.34. The van der Waals surface area contributed by atoms with Gasteiger partial charge in [-0.1, -0.05) is 12.1 Å². The number of methoxy groups -OCH3 is 1.